The van der Waals surface area contributed by atoms with Crippen molar-refractivity contribution in [2.75, 3.05) is 18.4 Å². The fourth-order valence-electron chi connectivity index (χ4n) is 3.34. The van der Waals surface area contributed by atoms with Crippen LogP contribution in [-0.2, 0) is 16.1 Å². The number of β-amino-alcohol motifs (C(OH)–C–C–N with tert-alkyl or cyclic N) is 1. The van der Waals surface area contributed by atoms with Gasteiger partial charge in [-0.2, -0.15) is 0 Å². The van der Waals surface area contributed by atoms with Crippen LogP contribution in [0, 0.1) is 6.92 Å². The molecule has 3 rings (SSSR count). The summed E-state index contributed by atoms with van der Waals surface area (Å²) in [6, 6.07) is 6.32. The molecule has 1 fully saturated rings. The van der Waals surface area contributed by atoms with Gasteiger partial charge < -0.3 is 30.2 Å². The smallest absolute Gasteiger partial charge is 0.257 e. The number of aromatic hydroxyl groups is 1. The van der Waals surface area contributed by atoms with E-state index in [-0.39, 0.29) is 41.5 Å². The zero-order valence-corrected chi connectivity index (χ0v) is 17.3. The number of carbonyl (C=O) groups excluding carboxylic acids is 3. The molecule has 0 radical (unpaired) electrons. The average molecular weight is 425 g/mol. The lowest BCUT2D eigenvalue weighted by atomic mass is 9.97. The predicted octanol–water partition coefficient (Wildman–Crippen LogP) is -0.430. The minimum atomic E-state index is -0.583. The highest BCUT2D eigenvalue weighted by Crippen LogP contribution is 2.30. The Labute approximate surface area is 180 Å². The van der Waals surface area contributed by atoms with Gasteiger partial charge in [0, 0.05) is 13.1 Å². The summed E-state index contributed by atoms with van der Waals surface area (Å²) in [5.74, 6) is 0.587. The number of hydrogen-bond acceptors (Lipinski definition) is 8. The van der Waals surface area contributed by atoms with Crippen LogP contribution in [0.3, 0.4) is 0 Å². The molecule has 0 saturated carbocycles. The first-order valence-electron chi connectivity index (χ1n) is 9.84. The number of phenols is 1. The summed E-state index contributed by atoms with van der Waals surface area (Å²) in [5, 5.41) is 25.8. The van der Waals surface area contributed by atoms with Gasteiger partial charge in [0.05, 0.1) is 29.7 Å². The first-order chi connectivity index (χ1) is 14.8. The van der Waals surface area contributed by atoms with Crippen LogP contribution in [0.25, 0.3) is 0 Å². The van der Waals surface area contributed by atoms with Crippen molar-refractivity contribution in [2.45, 2.75) is 26.0 Å². The molecule has 1 aliphatic heterocycles. The first-order valence-corrected chi connectivity index (χ1v) is 9.84. The fourth-order valence-corrected chi connectivity index (χ4v) is 3.34. The van der Waals surface area contributed by atoms with E-state index in [1.165, 1.54) is 17.0 Å². The Morgan fingerprint density at radius 1 is 1.32 bits per heavy atom. The quantitative estimate of drug-likeness (QED) is 0.194. The van der Waals surface area contributed by atoms with Gasteiger partial charge in [-0.05, 0) is 37.0 Å². The van der Waals surface area contributed by atoms with Gasteiger partial charge in [-0.15, -0.1) is 0 Å². The number of carbonyl (C=O) groups is 3. The number of phenolic OH excluding ortho intramolecular Hbond substituents is 1. The van der Waals surface area contributed by atoms with Crippen LogP contribution in [-0.4, -0.2) is 60.6 Å². The molecule has 1 amide bonds. The number of aryl methyl sites for hydroxylation is 1. The van der Waals surface area contributed by atoms with Crippen LogP contribution in [0.15, 0.2) is 40.1 Å². The molecule has 0 unspecified atom stereocenters. The molecule has 31 heavy (non-hydrogen) atoms. The van der Waals surface area contributed by atoms with Crippen LogP contribution in [0.5, 0.6) is 5.75 Å². The molecular formula is C21H24BN3O6. The number of para-hydroxylation sites is 1. The molecule has 0 spiro atoms. The van der Waals surface area contributed by atoms with Gasteiger partial charge in [-0.25, -0.2) is 0 Å². The topological polar surface area (TPSA) is 132 Å². The summed E-state index contributed by atoms with van der Waals surface area (Å²) in [7, 11) is 1.90. The molecule has 10 heteroatoms. The monoisotopic (exact) mass is 425 g/mol. The Hall–Kier alpha value is -3.53. The van der Waals surface area contributed by atoms with E-state index >= 15 is 0 Å². The number of rotatable bonds is 8. The second kappa shape index (κ2) is 9.52. The van der Waals surface area contributed by atoms with Gasteiger partial charge in [0.1, 0.15) is 25.0 Å². The lowest BCUT2D eigenvalue weighted by Gasteiger charge is -2.18. The lowest BCUT2D eigenvalue weighted by molar-refractivity contribution is -0.107. The summed E-state index contributed by atoms with van der Waals surface area (Å²) in [6.45, 7) is 2.60. The standard InChI is InChI=1S/C21H24BN3O6/c1-12-16(22)7-14(31-12)8-23-18(10-26)19(11-27)24-17-4-2-3-15(20(17)29)21(30)25-6-5-13(28)9-25/h2-4,7,10-11,13,23-24,28-29H,5-6,8-9,22H2,1H3/b19-18-/t13-/m1/s1. The molecule has 4 N–H and O–H groups in total. The molecule has 2 heterocycles. The van der Waals surface area contributed by atoms with Gasteiger partial charge in [0.25, 0.3) is 5.91 Å². The molecule has 1 aliphatic rings. The summed E-state index contributed by atoms with van der Waals surface area (Å²) in [4.78, 5) is 37.3. The zero-order valence-electron chi connectivity index (χ0n) is 17.3. The van der Waals surface area contributed by atoms with Crippen molar-refractivity contribution >= 4 is 37.5 Å². The number of aliphatic hydroxyl groups is 1. The molecule has 9 nitrogen and oxygen atoms in total. The van der Waals surface area contributed by atoms with E-state index in [0.717, 1.165) is 11.2 Å². The molecular weight excluding hydrogens is 401 g/mol. The number of likely N-dealkylation sites (tertiary alicyclic amines) is 1. The van der Waals surface area contributed by atoms with Crippen molar-refractivity contribution < 1.29 is 29.0 Å². The van der Waals surface area contributed by atoms with Gasteiger partial charge in [-0.1, -0.05) is 6.07 Å². The normalized spacial score (nSPS) is 16.6. The predicted molar refractivity (Wildman–Crippen MR) is 116 cm³/mol. The molecule has 1 saturated heterocycles. The van der Waals surface area contributed by atoms with E-state index in [1.54, 1.807) is 6.07 Å². The summed E-state index contributed by atoms with van der Waals surface area (Å²) >= 11 is 0. The van der Waals surface area contributed by atoms with E-state index in [4.69, 9.17) is 4.42 Å². The maximum Gasteiger partial charge on any atom is 0.257 e. The molecule has 0 aliphatic carbocycles. The lowest BCUT2D eigenvalue weighted by Crippen LogP contribution is -2.29. The summed E-state index contributed by atoms with van der Waals surface area (Å²) in [6.07, 6.45) is 0.822. The van der Waals surface area contributed by atoms with Crippen molar-refractivity contribution in [1.29, 1.82) is 0 Å². The van der Waals surface area contributed by atoms with Gasteiger partial charge >= 0.3 is 0 Å². The molecule has 0 bridgehead atoms. The fraction of sp³-hybridized carbons (Fsp3) is 0.286. The minimum Gasteiger partial charge on any atom is -0.505 e. The maximum absolute atomic E-state index is 12.7. The third kappa shape index (κ3) is 4.97. The van der Waals surface area contributed by atoms with Crippen LogP contribution < -0.4 is 16.1 Å². The van der Waals surface area contributed by atoms with Crippen LogP contribution in [0.2, 0.25) is 0 Å². The van der Waals surface area contributed by atoms with Gasteiger partial charge in [0.2, 0.25) is 0 Å². The van der Waals surface area contributed by atoms with Crippen molar-refractivity contribution in [3.05, 3.63) is 52.7 Å². The Kier molecular flexibility index (Phi) is 6.81. The van der Waals surface area contributed by atoms with E-state index in [1.807, 2.05) is 20.8 Å². The number of amides is 1. The van der Waals surface area contributed by atoms with Crippen LogP contribution in [0.1, 0.15) is 28.3 Å². The van der Waals surface area contributed by atoms with Crippen LogP contribution in [0.4, 0.5) is 5.69 Å². The number of anilines is 1. The number of hydrogen-bond donors (Lipinski definition) is 4. The molecule has 1 aromatic carbocycles. The molecule has 2 aromatic rings. The van der Waals surface area contributed by atoms with Crippen molar-refractivity contribution in [3.8, 4) is 5.75 Å². The Morgan fingerprint density at radius 2 is 2.06 bits per heavy atom. The number of benzene rings is 1. The second-order valence-corrected chi connectivity index (χ2v) is 7.39. The van der Waals surface area contributed by atoms with E-state index in [9.17, 15) is 24.6 Å². The maximum atomic E-state index is 12.7. The number of aldehydes is 2. The van der Waals surface area contributed by atoms with Gasteiger partial charge in [0.15, 0.2) is 18.3 Å². The highest BCUT2D eigenvalue weighted by Gasteiger charge is 2.27. The number of furan rings is 1. The van der Waals surface area contributed by atoms with Crippen molar-refractivity contribution in [1.82, 2.24) is 10.2 Å². The third-order valence-corrected chi connectivity index (χ3v) is 5.18. The number of allylic oxidation sites excluding steroid dienone is 2. The largest absolute Gasteiger partial charge is 0.505 e. The summed E-state index contributed by atoms with van der Waals surface area (Å²) in [5.41, 5.74) is 0.969. The highest BCUT2D eigenvalue weighted by molar-refractivity contribution is 6.33. The Balaban J connectivity index is 1.80. The number of nitrogens with zero attached hydrogens (tertiary/aromatic N) is 1. The molecule has 1 aromatic heterocycles. The summed E-state index contributed by atoms with van der Waals surface area (Å²) < 4.78 is 5.55. The number of nitrogens with one attached hydrogen (secondary N) is 2. The highest BCUT2D eigenvalue weighted by atomic mass is 16.3. The van der Waals surface area contributed by atoms with E-state index in [2.05, 4.69) is 10.6 Å². The first kappa shape index (κ1) is 22.2. The van der Waals surface area contributed by atoms with Gasteiger partial charge in [-0.3, -0.25) is 14.4 Å². The van der Waals surface area contributed by atoms with E-state index in [0.29, 0.717) is 31.3 Å². The average Bonchev–Trinajstić information content (AvgIpc) is 3.33. The SMILES string of the molecule is Bc1cc(CN/C(C=O)=C(/C=O)Nc2cccc(C(=O)N3CC[C@@H](O)C3)c2O)oc1C. The Bertz CT molecular complexity index is 1010. The zero-order chi connectivity index (χ0) is 22.5. The Morgan fingerprint density at radius 3 is 2.65 bits per heavy atom. The minimum absolute atomic E-state index is 0.0273. The number of aliphatic hydroxyl groups excluding tert-OH is 1. The van der Waals surface area contributed by atoms with Crippen molar-refractivity contribution in [2.24, 2.45) is 0 Å². The molecule has 162 valence electrons. The molecule has 1 atom stereocenters. The van der Waals surface area contributed by atoms with Crippen LogP contribution >= 0.6 is 0 Å². The van der Waals surface area contributed by atoms with Crippen molar-refractivity contribution in [3.63, 3.8) is 0 Å². The van der Waals surface area contributed by atoms with E-state index < -0.39 is 12.0 Å². The second-order valence-electron chi connectivity index (χ2n) is 7.39. The third-order valence-electron chi connectivity index (χ3n) is 5.18.